The molecule has 1 nitrogen and oxygen atoms in total. The molecular formula is C18H28BrN. The number of hydrogen-bond acceptors (Lipinski definition) is 1. The molecule has 2 rings (SSSR count). The third-order valence-corrected chi connectivity index (χ3v) is 5.26. The van der Waals surface area contributed by atoms with E-state index >= 15 is 0 Å². The molecule has 1 aliphatic carbocycles. The standard InChI is InChI=1S/C18H28BrN/c1-4-14-12-16(19)9-11-18(14)20-17-7-5-6-15(8-10-17)13(2)3/h9,11-13,15,17,20H,4-8,10H2,1-3H3. The highest BCUT2D eigenvalue weighted by Crippen LogP contribution is 2.31. The monoisotopic (exact) mass is 337 g/mol. The summed E-state index contributed by atoms with van der Waals surface area (Å²) in [6.45, 7) is 6.99. The third-order valence-electron chi connectivity index (χ3n) is 4.76. The highest BCUT2D eigenvalue weighted by atomic mass is 79.9. The fourth-order valence-electron chi connectivity index (χ4n) is 3.36. The SMILES string of the molecule is CCc1cc(Br)ccc1NC1CCCC(C(C)C)CC1. The molecule has 0 amide bonds. The Balaban J connectivity index is 2.00. The molecule has 1 N–H and O–H groups in total. The quantitative estimate of drug-likeness (QED) is 0.661. The number of anilines is 1. The van der Waals surface area contributed by atoms with Crippen molar-refractivity contribution in [2.24, 2.45) is 11.8 Å². The van der Waals surface area contributed by atoms with Gasteiger partial charge in [-0.2, -0.15) is 0 Å². The summed E-state index contributed by atoms with van der Waals surface area (Å²) in [5.74, 6) is 1.77. The van der Waals surface area contributed by atoms with E-state index in [0.717, 1.165) is 18.3 Å². The highest BCUT2D eigenvalue weighted by molar-refractivity contribution is 9.10. The summed E-state index contributed by atoms with van der Waals surface area (Å²) in [5, 5.41) is 3.81. The predicted molar refractivity (Wildman–Crippen MR) is 92.3 cm³/mol. The largest absolute Gasteiger partial charge is 0.382 e. The summed E-state index contributed by atoms with van der Waals surface area (Å²) >= 11 is 3.57. The summed E-state index contributed by atoms with van der Waals surface area (Å²) in [6, 6.07) is 7.28. The summed E-state index contributed by atoms with van der Waals surface area (Å²) in [7, 11) is 0. The molecule has 112 valence electrons. The first-order valence-corrected chi connectivity index (χ1v) is 8.94. The Morgan fingerprint density at radius 2 is 2.00 bits per heavy atom. The molecule has 20 heavy (non-hydrogen) atoms. The van der Waals surface area contributed by atoms with Crippen LogP contribution in [0.4, 0.5) is 5.69 Å². The summed E-state index contributed by atoms with van der Waals surface area (Å²) in [6.07, 6.45) is 7.90. The minimum atomic E-state index is 0.658. The molecule has 0 aromatic heterocycles. The van der Waals surface area contributed by atoms with Crippen molar-refractivity contribution in [1.82, 2.24) is 0 Å². The zero-order valence-corrected chi connectivity index (χ0v) is 14.7. The number of halogens is 1. The fraction of sp³-hybridized carbons (Fsp3) is 0.667. The molecular weight excluding hydrogens is 310 g/mol. The molecule has 1 saturated carbocycles. The first kappa shape index (κ1) is 15.9. The van der Waals surface area contributed by atoms with Crippen LogP contribution in [0.3, 0.4) is 0 Å². The van der Waals surface area contributed by atoms with Gasteiger partial charge in [-0.1, -0.05) is 49.5 Å². The maximum absolute atomic E-state index is 3.81. The van der Waals surface area contributed by atoms with Gasteiger partial charge in [0.1, 0.15) is 0 Å². The second kappa shape index (κ2) is 7.49. The highest BCUT2D eigenvalue weighted by Gasteiger charge is 2.21. The minimum absolute atomic E-state index is 0.658. The first-order chi connectivity index (χ1) is 9.60. The van der Waals surface area contributed by atoms with Crippen LogP contribution < -0.4 is 5.32 Å². The van der Waals surface area contributed by atoms with E-state index in [1.807, 2.05) is 0 Å². The van der Waals surface area contributed by atoms with Gasteiger partial charge >= 0.3 is 0 Å². The Kier molecular flexibility index (Phi) is 5.95. The number of hydrogen-bond donors (Lipinski definition) is 1. The lowest BCUT2D eigenvalue weighted by Gasteiger charge is -2.21. The van der Waals surface area contributed by atoms with Crippen molar-refractivity contribution >= 4 is 21.6 Å². The van der Waals surface area contributed by atoms with Crippen molar-refractivity contribution in [1.29, 1.82) is 0 Å². The third kappa shape index (κ3) is 4.25. The van der Waals surface area contributed by atoms with Gasteiger partial charge in [-0.05, 0) is 61.3 Å². The average molecular weight is 338 g/mol. The van der Waals surface area contributed by atoms with E-state index in [1.165, 1.54) is 47.8 Å². The molecule has 0 radical (unpaired) electrons. The van der Waals surface area contributed by atoms with E-state index in [-0.39, 0.29) is 0 Å². The number of rotatable bonds is 4. The topological polar surface area (TPSA) is 12.0 Å². The second-order valence-corrected chi connectivity index (χ2v) is 7.42. The van der Waals surface area contributed by atoms with Crippen LogP contribution >= 0.6 is 15.9 Å². The summed E-state index contributed by atoms with van der Waals surface area (Å²) < 4.78 is 1.18. The molecule has 2 atom stereocenters. The molecule has 2 heteroatoms. The van der Waals surface area contributed by atoms with Gasteiger partial charge in [0, 0.05) is 16.2 Å². The van der Waals surface area contributed by atoms with E-state index < -0.39 is 0 Å². The van der Waals surface area contributed by atoms with E-state index in [4.69, 9.17) is 0 Å². The molecule has 0 bridgehead atoms. The van der Waals surface area contributed by atoms with Crippen LogP contribution in [0.1, 0.15) is 58.4 Å². The Bertz CT molecular complexity index is 427. The summed E-state index contributed by atoms with van der Waals surface area (Å²) in [5.41, 5.74) is 2.76. The van der Waals surface area contributed by atoms with Gasteiger partial charge in [0.05, 0.1) is 0 Å². The molecule has 0 heterocycles. The van der Waals surface area contributed by atoms with Crippen molar-refractivity contribution in [3.8, 4) is 0 Å². The van der Waals surface area contributed by atoms with Crippen molar-refractivity contribution < 1.29 is 0 Å². The van der Waals surface area contributed by atoms with E-state index in [1.54, 1.807) is 0 Å². The van der Waals surface area contributed by atoms with E-state index in [0.29, 0.717) is 6.04 Å². The molecule has 2 unspecified atom stereocenters. The Morgan fingerprint density at radius 3 is 2.70 bits per heavy atom. The molecule has 0 saturated heterocycles. The van der Waals surface area contributed by atoms with Crippen LogP contribution in [0.15, 0.2) is 22.7 Å². The van der Waals surface area contributed by atoms with Crippen LogP contribution in [-0.2, 0) is 6.42 Å². The normalized spacial score (nSPS) is 23.6. The minimum Gasteiger partial charge on any atom is -0.382 e. The Labute approximate surface area is 132 Å². The fourth-order valence-corrected chi connectivity index (χ4v) is 3.77. The number of aryl methyl sites for hydroxylation is 1. The molecule has 1 aromatic rings. The van der Waals surface area contributed by atoms with Gasteiger partial charge in [0.2, 0.25) is 0 Å². The van der Waals surface area contributed by atoms with Gasteiger partial charge in [0.25, 0.3) is 0 Å². The molecule has 1 aromatic carbocycles. The maximum Gasteiger partial charge on any atom is 0.0375 e. The van der Waals surface area contributed by atoms with Crippen molar-refractivity contribution in [3.05, 3.63) is 28.2 Å². The summed E-state index contributed by atoms with van der Waals surface area (Å²) in [4.78, 5) is 0. The molecule has 0 aliphatic heterocycles. The van der Waals surface area contributed by atoms with Gasteiger partial charge in [-0.25, -0.2) is 0 Å². The number of nitrogens with one attached hydrogen (secondary N) is 1. The van der Waals surface area contributed by atoms with E-state index in [2.05, 4.69) is 60.2 Å². The molecule has 1 aliphatic rings. The second-order valence-electron chi connectivity index (χ2n) is 6.51. The van der Waals surface area contributed by atoms with Crippen LogP contribution in [0.25, 0.3) is 0 Å². The molecule has 0 spiro atoms. The van der Waals surface area contributed by atoms with Gasteiger partial charge in [0.15, 0.2) is 0 Å². The van der Waals surface area contributed by atoms with Gasteiger partial charge in [-0.3, -0.25) is 0 Å². The van der Waals surface area contributed by atoms with Crippen molar-refractivity contribution in [2.45, 2.75) is 65.3 Å². The molecule has 1 fully saturated rings. The lowest BCUT2D eigenvalue weighted by atomic mass is 9.89. The Hall–Kier alpha value is -0.500. The van der Waals surface area contributed by atoms with Gasteiger partial charge in [-0.15, -0.1) is 0 Å². The van der Waals surface area contributed by atoms with Gasteiger partial charge < -0.3 is 5.32 Å². The lowest BCUT2D eigenvalue weighted by molar-refractivity contribution is 0.341. The van der Waals surface area contributed by atoms with E-state index in [9.17, 15) is 0 Å². The van der Waals surface area contributed by atoms with Crippen LogP contribution in [0, 0.1) is 11.8 Å². The van der Waals surface area contributed by atoms with Crippen molar-refractivity contribution in [3.63, 3.8) is 0 Å². The lowest BCUT2D eigenvalue weighted by Crippen LogP contribution is -2.19. The average Bonchev–Trinajstić information content (AvgIpc) is 2.66. The smallest absolute Gasteiger partial charge is 0.0375 e. The Morgan fingerprint density at radius 1 is 1.20 bits per heavy atom. The van der Waals surface area contributed by atoms with Crippen LogP contribution in [0.2, 0.25) is 0 Å². The number of benzene rings is 1. The van der Waals surface area contributed by atoms with Crippen LogP contribution in [0.5, 0.6) is 0 Å². The van der Waals surface area contributed by atoms with Crippen LogP contribution in [-0.4, -0.2) is 6.04 Å². The first-order valence-electron chi connectivity index (χ1n) is 8.15. The predicted octanol–water partition coefficient (Wildman–Crippen LogP) is 6.03. The zero-order valence-electron chi connectivity index (χ0n) is 13.1. The zero-order chi connectivity index (χ0) is 14.5. The maximum atomic E-state index is 3.81. The van der Waals surface area contributed by atoms with Crippen molar-refractivity contribution in [2.75, 3.05) is 5.32 Å².